The van der Waals surface area contributed by atoms with E-state index in [-0.39, 0.29) is 18.2 Å². The molecule has 1 N–H and O–H groups in total. The summed E-state index contributed by atoms with van der Waals surface area (Å²) in [4.78, 5) is 38.6. The Hall–Kier alpha value is -3.42. The van der Waals surface area contributed by atoms with Crippen LogP contribution < -0.4 is 15.0 Å². The molecule has 1 atom stereocenters. The standard InChI is InChI=1S/C21H21FN2O5/c1-13(19(26)24-12-18(25)23-16-6-4-5-7-17(16)24)28-20(27)21(2,3)29-15-10-8-14(22)9-11-15/h4-11,13H,12H2,1-3H3,(H,23,25)/t13-/m0/s1. The van der Waals surface area contributed by atoms with E-state index >= 15 is 0 Å². The van der Waals surface area contributed by atoms with E-state index in [1.165, 1.54) is 49.9 Å². The molecule has 29 heavy (non-hydrogen) atoms. The molecule has 0 saturated heterocycles. The van der Waals surface area contributed by atoms with Gasteiger partial charge in [0.2, 0.25) is 5.91 Å². The van der Waals surface area contributed by atoms with Gasteiger partial charge in [0, 0.05) is 0 Å². The van der Waals surface area contributed by atoms with Gasteiger partial charge in [-0.25, -0.2) is 9.18 Å². The van der Waals surface area contributed by atoms with E-state index < -0.39 is 29.4 Å². The normalized spacial score (nSPS) is 14.5. The zero-order chi connectivity index (χ0) is 21.2. The number of carbonyl (C=O) groups is 3. The summed E-state index contributed by atoms with van der Waals surface area (Å²) >= 11 is 0. The molecule has 1 aliphatic heterocycles. The van der Waals surface area contributed by atoms with Crippen LogP contribution in [0.15, 0.2) is 48.5 Å². The van der Waals surface area contributed by atoms with Crippen molar-refractivity contribution in [3.8, 4) is 5.75 Å². The Kier molecular flexibility index (Phi) is 5.54. The lowest BCUT2D eigenvalue weighted by atomic mass is 10.1. The lowest BCUT2D eigenvalue weighted by Crippen LogP contribution is -2.49. The fourth-order valence-corrected chi connectivity index (χ4v) is 2.84. The van der Waals surface area contributed by atoms with Gasteiger partial charge < -0.3 is 14.8 Å². The molecular formula is C21H21FN2O5. The highest BCUT2D eigenvalue weighted by Gasteiger charge is 2.37. The number of para-hydroxylation sites is 2. The van der Waals surface area contributed by atoms with Crippen LogP contribution in [0.4, 0.5) is 15.8 Å². The quantitative estimate of drug-likeness (QED) is 0.780. The first-order chi connectivity index (χ1) is 13.7. The van der Waals surface area contributed by atoms with Crippen molar-refractivity contribution < 1.29 is 28.2 Å². The third kappa shape index (κ3) is 4.53. The minimum Gasteiger partial charge on any atom is -0.476 e. The first kappa shape index (κ1) is 20.3. The second-order valence-electron chi connectivity index (χ2n) is 7.10. The van der Waals surface area contributed by atoms with Crippen molar-refractivity contribution in [2.45, 2.75) is 32.5 Å². The van der Waals surface area contributed by atoms with E-state index in [9.17, 15) is 18.8 Å². The summed E-state index contributed by atoms with van der Waals surface area (Å²) in [7, 11) is 0. The van der Waals surface area contributed by atoms with Gasteiger partial charge in [-0.3, -0.25) is 14.5 Å². The molecule has 0 radical (unpaired) electrons. The van der Waals surface area contributed by atoms with Crippen LogP contribution in [0.3, 0.4) is 0 Å². The Morgan fingerprint density at radius 3 is 2.48 bits per heavy atom. The molecule has 152 valence electrons. The van der Waals surface area contributed by atoms with Crippen molar-refractivity contribution in [1.82, 2.24) is 0 Å². The summed E-state index contributed by atoms with van der Waals surface area (Å²) < 4.78 is 23.9. The lowest BCUT2D eigenvalue weighted by Gasteiger charge is -2.32. The topological polar surface area (TPSA) is 84.9 Å². The maximum atomic E-state index is 13.0. The number of ether oxygens (including phenoxy) is 2. The van der Waals surface area contributed by atoms with Crippen LogP contribution in [0.2, 0.25) is 0 Å². The van der Waals surface area contributed by atoms with Gasteiger partial charge in [-0.15, -0.1) is 0 Å². The highest BCUT2D eigenvalue weighted by molar-refractivity contribution is 6.11. The van der Waals surface area contributed by atoms with E-state index in [1.807, 2.05) is 0 Å². The number of halogens is 1. The largest absolute Gasteiger partial charge is 0.476 e. The molecule has 0 aliphatic carbocycles. The van der Waals surface area contributed by atoms with Crippen molar-refractivity contribution in [3.05, 3.63) is 54.3 Å². The predicted molar refractivity (Wildman–Crippen MR) is 104 cm³/mol. The second kappa shape index (κ2) is 7.90. The molecular weight excluding hydrogens is 379 g/mol. The monoisotopic (exact) mass is 400 g/mol. The smallest absolute Gasteiger partial charge is 0.350 e. The number of amides is 2. The van der Waals surface area contributed by atoms with Crippen molar-refractivity contribution in [3.63, 3.8) is 0 Å². The van der Waals surface area contributed by atoms with Gasteiger partial charge in [-0.1, -0.05) is 12.1 Å². The molecule has 2 aromatic rings. The Labute approximate surface area is 167 Å². The fourth-order valence-electron chi connectivity index (χ4n) is 2.84. The van der Waals surface area contributed by atoms with E-state index in [0.29, 0.717) is 11.4 Å². The zero-order valence-electron chi connectivity index (χ0n) is 16.3. The fraction of sp³-hybridized carbons (Fsp3) is 0.286. The van der Waals surface area contributed by atoms with Crippen LogP contribution in [-0.4, -0.2) is 36.0 Å². The average Bonchev–Trinajstić information content (AvgIpc) is 2.68. The molecule has 2 aromatic carbocycles. The van der Waals surface area contributed by atoms with Gasteiger partial charge in [0.25, 0.3) is 5.91 Å². The number of hydrogen-bond donors (Lipinski definition) is 1. The van der Waals surface area contributed by atoms with Gasteiger partial charge in [0.05, 0.1) is 11.4 Å². The Balaban J connectivity index is 1.69. The van der Waals surface area contributed by atoms with Crippen LogP contribution >= 0.6 is 0 Å². The van der Waals surface area contributed by atoms with Crippen LogP contribution in [0.1, 0.15) is 20.8 Å². The Morgan fingerprint density at radius 2 is 1.79 bits per heavy atom. The number of fused-ring (bicyclic) bond motifs is 1. The highest BCUT2D eigenvalue weighted by atomic mass is 19.1. The van der Waals surface area contributed by atoms with Crippen LogP contribution in [0.25, 0.3) is 0 Å². The van der Waals surface area contributed by atoms with Gasteiger partial charge in [0.1, 0.15) is 18.1 Å². The first-order valence-electron chi connectivity index (χ1n) is 9.03. The van der Waals surface area contributed by atoms with Crippen molar-refractivity contribution in [2.24, 2.45) is 0 Å². The summed E-state index contributed by atoms with van der Waals surface area (Å²) in [5, 5.41) is 2.69. The third-order valence-electron chi connectivity index (χ3n) is 4.35. The van der Waals surface area contributed by atoms with Crippen LogP contribution in [0.5, 0.6) is 5.75 Å². The molecule has 1 heterocycles. The maximum Gasteiger partial charge on any atom is 0.350 e. The Morgan fingerprint density at radius 1 is 1.14 bits per heavy atom. The zero-order valence-corrected chi connectivity index (χ0v) is 16.3. The predicted octanol–water partition coefficient (Wildman–Crippen LogP) is 2.90. The number of carbonyl (C=O) groups excluding carboxylic acids is 3. The first-order valence-corrected chi connectivity index (χ1v) is 9.03. The molecule has 3 rings (SSSR count). The number of rotatable bonds is 5. The lowest BCUT2D eigenvalue weighted by molar-refractivity contribution is -0.167. The molecule has 8 heteroatoms. The van der Waals surface area contributed by atoms with Gasteiger partial charge >= 0.3 is 5.97 Å². The summed E-state index contributed by atoms with van der Waals surface area (Å²) in [5.74, 6) is -1.78. The van der Waals surface area contributed by atoms with Crippen molar-refractivity contribution in [1.29, 1.82) is 0 Å². The molecule has 1 aliphatic rings. The highest BCUT2D eigenvalue weighted by Crippen LogP contribution is 2.30. The minimum absolute atomic E-state index is 0.173. The minimum atomic E-state index is -1.41. The third-order valence-corrected chi connectivity index (χ3v) is 4.35. The molecule has 7 nitrogen and oxygen atoms in total. The molecule has 0 bridgehead atoms. The number of nitrogens with zero attached hydrogens (tertiary/aromatic N) is 1. The number of benzene rings is 2. The number of nitrogens with one attached hydrogen (secondary N) is 1. The molecule has 0 aromatic heterocycles. The number of hydrogen-bond acceptors (Lipinski definition) is 5. The average molecular weight is 400 g/mol. The van der Waals surface area contributed by atoms with Gasteiger partial charge in [-0.05, 0) is 57.2 Å². The van der Waals surface area contributed by atoms with E-state index in [2.05, 4.69) is 5.32 Å². The summed E-state index contributed by atoms with van der Waals surface area (Å²) in [6.07, 6.45) is -1.14. The van der Waals surface area contributed by atoms with E-state index in [4.69, 9.17) is 9.47 Å². The van der Waals surface area contributed by atoms with Crippen molar-refractivity contribution >= 4 is 29.2 Å². The second-order valence-corrected chi connectivity index (χ2v) is 7.10. The van der Waals surface area contributed by atoms with Crippen molar-refractivity contribution in [2.75, 3.05) is 16.8 Å². The summed E-state index contributed by atoms with van der Waals surface area (Å²) in [5.41, 5.74) is -0.374. The van der Waals surface area contributed by atoms with E-state index in [0.717, 1.165) is 0 Å². The number of esters is 1. The SMILES string of the molecule is C[C@H](OC(=O)C(C)(C)Oc1ccc(F)cc1)C(=O)N1CC(=O)Nc2ccccc21. The summed E-state index contributed by atoms with van der Waals surface area (Å²) in [6.45, 7) is 4.23. The van der Waals surface area contributed by atoms with Crippen LogP contribution in [0, 0.1) is 5.82 Å². The van der Waals surface area contributed by atoms with E-state index in [1.54, 1.807) is 24.3 Å². The number of anilines is 2. The molecule has 0 saturated carbocycles. The Bertz CT molecular complexity index is 942. The molecule has 2 amide bonds. The maximum absolute atomic E-state index is 13.0. The van der Waals surface area contributed by atoms with Gasteiger partial charge in [0.15, 0.2) is 11.7 Å². The molecule has 0 unspecified atom stereocenters. The van der Waals surface area contributed by atoms with Crippen LogP contribution in [-0.2, 0) is 19.1 Å². The molecule has 0 spiro atoms. The summed E-state index contributed by atoms with van der Waals surface area (Å²) in [6, 6.07) is 12.1. The molecule has 0 fully saturated rings. The van der Waals surface area contributed by atoms with Gasteiger partial charge in [-0.2, -0.15) is 0 Å².